The molecule has 1 aromatic rings. The van der Waals surface area contributed by atoms with E-state index in [1.165, 1.54) is 0 Å². The van der Waals surface area contributed by atoms with Gasteiger partial charge in [0.05, 0.1) is 0 Å². The van der Waals surface area contributed by atoms with Crippen LogP contribution in [0.4, 0.5) is 0 Å². The van der Waals surface area contributed by atoms with Crippen molar-refractivity contribution in [3.05, 3.63) is 34.3 Å². The largest absolute Gasteiger partial charge is 0.336 e. The molecular formula is C13H17Br2NO. The van der Waals surface area contributed by atoms with E-state index in [2.05, 4.69) is 31.9 Å². The lowest BCUT2D eigenvalue weighted by molar-refractivity contribution is 0.0706. The molecule has 0 bridgehead atoms. The quantitative estimate of drug-likeness (QED) is 0.722. The molecule has 0 saturated carbocycles. The van der Waals surface area contributed by atoms with Crippen LogP contribution in [-0.2, 0) is 0 Å². The zero-order chi connectivity index (χ0) is 12.8. The summed E-state index contributed by atoms with van der Waals surface area (Å²) in [7, 11) is 0. The highest BCUT2D eigenvalue weighted by molar-refractivity contribution is 9.10. The van der Waals surface area contributed by atoms with Crippen LogP contribution in [0.15, 0.2) is 28.7 Å². The first-order chi connectivity index (χ1) is 8.06. The molecule has 17 heavy (non-hydrogen) atoms. The van der Waals surface area contributed by atoms with E-state index in [0.29, 0.717) is 0 Å². The first-order valence-electron chi connectivity index (χ1n) is 5.68. The molecule has 94 valence electrons. The number of hydrogen-bond acceptors (Lipinski definition) is 1. The molecule has 0 fully saturated rings. The number of amides is 1. The SMILES string of the molecule is CC(C)N(CCCBr)C(=O)c1cccc(Br)c1. The molecule has 1 amide bonds. The summed E-state index contributed by atoms with van der Waals surface area (Å²) in [5.41, 5.74) is 0.739. The summed E-state index contributed by atoms with van der Waals surface area (Å²) >= 11 is 6.79. The van der Waals surface area contributed by atoms with Crippen LogP contribution in [0.1, 0.15) is 30.6 Å². The number of rotatable bonds is 5. The summed E-state index contributed by atoms with van der Waals surface area (Å²) in [6.45, 7) is 4.88. The van der Waals surface area contributed by atoms with Crippen molar-refractivity contribution >= 4 is 37.8 Å². The molecule has 0 saturated heterocycles. The zero-order valence-electron chi connectivity index (χ0n) is 10.1. The molecule has 1 rings (SSSR count). The van der Waals surface area contributed by atoms with E-state index in [4.69, 9.17) is 0 Å². The van der Waals surface area contributed by atoms with Gasteiger partial charge in [0.25, 0.3) is 5.91 Å². The third kappa shape index (κ3) is 4.43. The molecule has 0 radical (unpaired) electrons. The van der Waals surface area contributed by atoms with E-state index in [0.717, 1.165) is 28.3 Å². The van der Waals surface area contributed by atoms with Crippen LogP contribution in [0.2, 0.25) is 0 Å². The Labute approximate surface area is 120 Å². The molecule has 2 nitrogen and oxygen atoms in total. The van der Waals surface area contributed by atoms with E-state index in [1.54, 1.807) is 0 Å². The molecule has 0 atom stereocenters. The van der Waals surface area contributed by atoms with Gasteiger partial charge in [0.15, 0.2) is 0 Å². The van der Waals surface area contributed by atoms with Gasteiger partial charge >= 0.3 is 0 Å². The summed E-state index contributed by atoms with van der Waals surface area (Å²) in [4.78, 5) is 14.2. The highest BCUT2D eigenvalue weighted by Gasteiger charge is 2.18. The van der Waals surface area contributed by atoms with Crippen LogP contribution < -0.4 is 0 Å². The molecule has 0 unspecified atom stereocenters. The number of alkyl halides is 1. The van der Waals surface area contributed by atoms with Gasteiger partial charge in [-0.2, -0.15) is 0 Å². The Bertz CT molecular complexity index is 379. The number of benzene rings is 1. The monoisotopic (exact) mass is 361 g/mol. The lowest BCUT2D eigenvalue weighted by atomic mass is 10.1. The highest BCUT2D eigenvalue weighted by atomic mass is 79.9. The van der Waals surface area contributed by atoms with Gasteiger partial charge in [0.1, 0.15) is 0 Å². The smallest absolute Gasteiger partial charge is 0.254 e. The summed E-state index contributed by atoms with van der Waals surface area (Å²) < 4.78 is 0.938. The Morgan fingerprint density at radius 2 is 2.12 bits per heavy atom. The number of nitrogens with zero attached hydrogens (tertiary/aromatic N) is 1. The molecule has 0 aromatic heterocycles. The van der Waals surface area contributed by atoms with Crippen molar-refractivity contribution in [1.29, 1.82) is 0 Å². The molecule has 1 aromatic carbocycles. The molecule has 0 heterocycles. The molecule has 0 aliphatic carbocycles. The van der Waals surface area contributed by atoms with Crippen molar-refractivity contribution in [3.8, 4) is 0 Å². The third-order valence-electron chi connectivity index (χ3n) is 2.49. The summed E-state index contributed by atoms with van der Waals surface area (Å²) in [5, 5.41) is 0.919. The van der Waals surface area contributed by atoms with Crippen LogP contribution in [0.5, 0.6) is 0 Å². The zero-order valence-corrected chi connectivity index (χ0v) is 13.3. The van der Waals surface area contributed by atoms with Crippen molar-refractivity contribution in [1.82, 2.24) is 4.90 Å². The Morgan fingerprint density at radius 3 is 2.65 bits per heavy atom. The number of carbonyl (C=O) groups excluding carboxylic acids is 1. The predicted molar refractivity (Wildman–Crippen MR) is 78.7 cm³/mol. The van der Waals surface area contributed by atoms with E-state index in [9.17, 15) is 4.79 Å². The summed E-state index contributed by atoms with van der Waals surface area (Å²) in [5.74, 6) is 0.0993. The maximum Gasteiger partial charge on any atom is 0.254 e. The lowest BCUT2D eigenvalue weighted by Gasteiger charge is -2.26. The fourth-order valence-corrected chi connectivity index (χ4v) is 2.26. The average molecular weight is 363 g/mol. The van der Waals surface area contributed by atoms with Gasteiger partial charge in [0, 0.05) is 28.0 Å². The van der Waals surface area contributed by atoms with Crippen molar-refractivity contribution < 1.29 is 4.79 Å². The maximum atomic E-state index is 12.3. The molecule has 0 aliphatic heterocycles. The van der Waals surface area contributed by atoms with Crippen LogP contribution in [0.25, 0.3) is 0 Å². The minimum Gasteiger partial charge on any atom is -0.336 e. The second-order valence-corrected chi connectivity index (χ2v) is 5.85. The van der Waals surface area contributed by atoms with Crippen LogP contribution >= 0.6 is 31.9 Å². The van der Waals surface area contributed by atoms with Crippen LogP contribution in [-0.4, -0.2) is 28.7 Å². The fraction of sp³-hybridized carbons (Fsp3) is 0.462. The van der Waals surface area contributed by atoms with E-state index < -0.39 is 0 Å². The average Bonchev–Trinajstić information content (AvgIpc) is 2.29. The molecule has 0 aliphatic rings. The molecular weight excluding hydrogens is 346 g/mol. The molecule has 0 N–H and O–H groups in total. The third-order valence-corrected chi connectivity index (χ3v) is 3.54. The van der Waals surface area contributed by atoms with Gasteiger partial charge in [-0.3, -0.25) is 4.79 Å². The highest BCUT2D eigenvalue weighted by Crippen LogP contribution is 2.15. The first kappa shape index (κ1) is 14.7. The van der Waals surface area contributed by atoms with Crippen LogP contribution in [0.3, 0.4) is 0 Å². The van der Waals surface area contributed by atoms with E-state index in [1.807, 2.05) is 43.0 Å². The van der Waals surface area contributed by atoms with Crippen molar-refractivity contribution in [2.45, 2.75) is 26.3 Å². The van der Waals surface area contributed by atoms with Crippen molar-refractivity contribution in [2.24, 2.45) is 0 Å². The summed E-state index contributed by atoms with van der Waals surface area (Å²) in [6.07, 6.45) is 0.970. The van der Waals surface area contributed by atoms with Crippen LogP contribution in [0, 0.1) is 0 Å². The number of halogens is 2. The Kier molecular flexibility index (Phi) is 6.20. The Hall–Kier alpha value is -0.350. The van der Waals surface area contributed by atoms with Gasteiger partial charge in [-0.05, 0) is 38.5 Å². The van der Waals surface area contributed by atoms with Crippen molar-refractivity contribution in [3.63, 3.8) is 0 Å². The van der Waals surface area contributed by atoms with Gasteiger partial charge < -0.3 is 4.90 Å². The first-order valence-corrected chi connectivity index (χ1v) is 7.60. The van der Waals surface area contributed by atoms with Crippen molar-refractivity contribution in [2.75, 3.05) is 11.9 Å². The van der Waals surface area contributed by atoms with Gasteiger partial charge in [-0.15, -0.1) is 0 Å². The van der Waals surface area contributed by atoms with Gasteiger partial charge in [-0.25, -0.2) is 0 Å². The minimum absolute atomic E-state index is 0.0993. The minimum atomic E-state index is 0.0993. The van der Waals surface area contributed by atoms with E-state index >= 15 is 0 Å². The molecule has 0 spiro atoms. The second kappa shape index (κ2) is 7.17. The predicted octanol–water partition coefficient (Wildman–Crippen LogP) is 4.08. The second-order valence-electron chi connectivity index (χ2n) is 4.15. The number of carbonyl (C=O) groups is 1. The Balaban J connectivity index is 2.84. The molecule has 4 heteroatoms. The summed E-state index contributed by atoms with van der Waals surface area (Å²) in [6, 6.07) is 7.76. The van der Waals surface area contributed by atoms with E-state index in [-0.39, 0.29) is 11.9 Å². The lowest BCUT2D eigenvalue weighted by Crippen LogP contribution is -2.37. The topological polar surface area (TPSA) is 20.3 Å². The van der Waals surface area contributed by atoms with Gasteiger partial charge in [0.2, 0.25) is 0 Å². The standard InChI is InChI=1S/C13H17Br2NO/c1-10(2)16(8-4-7-14)13(17)11-5-3-6-12(15)9-11/h3,5-6,9-10H,4,7-8H2,1-2H3. The fourth-order valence-electron chi connectivity index (χ4n) is 1.61. The maximum absolute atomic E-state index is 12.3. The Morgan fingerprint density at radius 1 is 1.41 bits per heavy atom. The normalized spacial score (nSPS) is 10.6. The number of hydrogen-bond donors (Lipinski definition) is 0. The van der Waals surface area contributed by atoms with Gasteiger partial charge in [-0.1, -0.05) is 37.9 Å².